The van der Waals surface area contributed by atoms with Crippen LogP contribution < -0.4 is 0 Å². The van der Waals surface area contributed by atoms with E-state index in [9.17, 15) is 4.79 Å². The Labute approximate surface area is 66.5 Å². The van der Waals surface area contributed by atoms with Crippen molar-refractivity contribution in [2.24, 2.45) is 0 Å². The van der Waals surface area contributed by atoms with Crippen LogP contribution in [0.2, 0.25) is 0 Å². The molecule has 0 aliphatic carbocycles. The SMILES string of the molecule is C[C@H]1OC(=O)[C@@H](O)[C@H]1I. The molecule has 0 bridgehead atoms. The summed E-state index contributed by atoms with van der Waals surface area (Å²) in [6.07, 6.45) is -1.06. The monoisotopic (exact) mass is 242 g/mol. The van der Waals surface area contributed by atoms with Gasteiger partial charge in [-0.1, -0.05) is 22.6 Å². The van der Waals surface area contributed by atoms with E-state index in [-0.39, 0.29) is 10.0 Å². The standard InChI is InChI=1S/C5H7IO3/c1-2-3(6)4(7)5(8)9-2/h2-4,7H,1H3/t2-,3+,4+/m1/s1. The Morgan fingerprint density at radius 2 is 2.33 bits per heavy atom. The Morgan fingerprint density at radius 3 is 2.44 bits per heavy atom. The highest BCUT2D eigenvalue weighted by Gasteiger charge is 2.38. The largest absolute Gasteiger partial charge is 0.459 e. The molecule has 0 radical (unpaired) electrons. The average Bonchev–Trinajstić information content (AvgIpc) is 1.98. The Morgan fingerprint density at radius 1 is 1.78 bits per heavy atom. The van der Waals surface area contributed by atoms with E-state index in [0.717, 1.165) is 0 Å². The molecule has 0 spiro atoms. The predicted octanol–water partition coefficient (Wildman–Crippen LogP) is 0.0962. The molecular formula is C5H7IO3. The van der Waals surface area contributed by atoms with Gasteiger partial charge in [-0.2, -0.15) is 0 Å². The first kappa shape index (κ1) is 7.27. The first-order valence-electron chi connectivity index (χ1n) is 2.65. The number of carbonyl (C=O) groups is 1. The third-order valence-corrected chi connectivity index (χ3v) is 2.99. The van der Waals surface area contributed by atoms with Gasteiger partial charge in [0.1, 0.15) is 6.10 Å². The zero-order valence-corrected chi connectivity index (χ0v) is 7.03. The number of aliphatic hydroxyl groups excluding tert-OH is 1. The van der Waals surface area contributed by atoms with Crippen LogP contribution in [0.15, 0.2) is 0 Å². The Balaban J connectivity index is 2.65. The number of hydrogen-bond donors (Lipinski definition) is 1. The lowest BCUT2D eigenvalue weighted by molar-refractivity contribution is -0.146. The third kappa shape index (κ3) is 1.19. The van der Waals surface area contributed by atoms with Crippen molar-refractivity contribution in [3.63, 3.8) is 0 Å². The van der Waals surface area contributed by atoms with E-state index < -0.39 is 12.1 Å². The maximum Gasteiger partial charge on any atom is 0.336 e. The minimum absolute atomic E-state index is 0.0879. The lowest BCUT2D eigenvalue weighted by Crippen LogP contribution is -2.23. The number of rotatable bonds is 0. The number of alkyl halides is 1. The molecule has 1 fully saturated rings. The normalized spacial score (nSPS) is 43.0. The number of halogens is 1. The van der Waals surface area contributed by atoms with Crippen molar-refractivity contribution in [3.8, 4) is 0 Å². The molecule has 1 N–H and O–H groups in total. The molecule has 0 aromatic carbocycles. The van der Waals surface area contributed by atoms with Crippen LogP contribution in [0.1, 0.15) is 6.92 Å². The predicted molar refractivity (Wildman–Crippen MR) is 39.4 cm³/mol. The van der Waals surface area contributed by atoms with E-state index in [1.54, 1.807) is 6.92 Å². The summed E-state index contributed by atoms with van der Waals surface area (Å²) in [5.41, 5.74) is 0. The minimum Gasteiger partial charge on any atom is -0.459 e. The summed E-state index contributed by atoms with van der Waals surface area (Å²) in [7, 11) is 0. The maximum atomic E-state index is 10.5. The first-order valence-corrected chi connectivity index (χ1v) is 3.90. The van der Waals surface area contributed by atoms with Crippen LogP contribution in [-0.2, 0) is 9.53 Å². The van der Waals surface area contributed by atoms with E-state index >= 15 is 0 Å². The summed E-state index contributed by atoms with van der Waals surface area (Å²) in [5, 5.41) is 8.95. The lowest BCUT2D eigenvalue weighted by atomic mass is 10.2. The van der Waals surface area contributed by atoms with Crippen molar-refractivity contribution in [2.45, 2.75) is 23.1 Å². The zero-order valence-electron chi connectivity index (χ0n) is 4.87. The minimum atomic E-state index is -0.916. The van der Waals surface area contributed by atoms with Gasteiger partial charge >= 0.3 is 5.97 Å². The van der Waals surface area contributed by atoms with Crippen LogP contribution in [-0.4, -0.2) is 27.2 Å². The van der Waals surface area contributed by atoms with Gasteiger partial charge in [0.25, 0.3) is 0 Å². The zero-order chi connectivity index (χ0) is 7.02. The van der Waals surface area contributed by atoms with Crippen molar-refractivity contribution in [1.82, 2.24) is 0 Å². The second kappa shape index (κ2) is 2.42. The lowest BCUT2D eigenvalue weighted by Gasteiger charge is -2.03. The van der Waals surface area contributed by atoms with E-state index in [4.69, 9.17) is 5.11 Å². The molecule has 0 saturated carbocycles. The fourth-order valence-corrected chi connectivity index (χ4v) is 1.15. The highest BCUT2D eigenvalue weighted by Crippen LogP contribution is 2.22. The van der Waals surface area contributed by atoms with E-state index in [2.05, 4.69) is 4.74 Å². The van der Waals surface area contributed by atoms with Crippen molar-refractivity contribution in [1.29, 1.82) is 0 Å². The van der Waals surface area contributed by atoms with E-state index in [1.165, 1.54) is 0 Å². The molecular weight excluding hydrogens is 235 g/mol. The van der Waals surface area contributed by atoms with Crippen molar-refractivity contribution in [3.05, 3.63) is 0 Å². The Kier molecular flexibility index (Phi) is 1.95. The number of hydrogen-bond acceptors (Lipinski definition) is 3. The van der Waals surface area contributed by atoms with Crippen LogP contribution >= 0.6 is 22.6 Å². The Bertz CT molecular complexity index is 136. The van der Waals surface area contributed by atoms with Gasteiger partial charge in [-0.15, -0.1) is 0 Å². The van der Waals surface area contributed by atoms with Gasteiger partial charge in [0.2, 0.25) is 0 Å². The number of carbonyl (C=O) groups excluding carboxylic acids is 1. The van der Waals surface area contributed by atoms with Crippen LogP contribution in [0.3, 0.4) is 0 Å². The van der Waals surface area contributed by atoms with Gasteiger partial charge in [0.15, 0.2) is 6.10 Å². The molecule has 1 rings (SSSR count). The molecule has 1 aliphatic heterocycles. The number of ether oxygens (including phenoxy) is 1. The molecule has 52 valence electrons. The number of cyclic esters (lactones) is 1. The fourth-order valence-electron chi connectivity index (χ4n) is 0.705. The second-order valence-corrected chi connectivity index (χ2v) is 3.47. The van der Waals surface area contributed by atoms with Gasteiger partial charge in [0, 0.05) is 0 Å². The molecule has 3 atom stereocenters. The highest BCUT2D eigenvalue weighted by molar-refractivity contribution is 14.1. The first-order chi connectivity index (χ1) is 4.13. The molecule has 0 aromatic heterocycles. The van der Waals surface area contributed by atoms with E-state index in [0.29, 0.717) is 0 Å². The van der Waals surface area contributed by atoms with E-state index in [1.807, 2.05) is 22.6 Å². The summed E-state index contributed by atoms with van der Waals surface area (Å²) < 4.78 is 4.60. The van der Waals surface area contributed by atoms with Gasteiger partial charge < -0.3 is 9.84 Å². The number of aliphatic hydroxyl groups is 1. The second-order valence-electron chi connectivity index (χ2n) is 2.03. The Hall–Kier alpha value is 0.160. The van der Waals surface area contributed by atoms with Crippen LogP contribution in [0, 0.1) is 0 Å². The molecule has 0 amide bonds. The summed E-state index contributed by atoms with van der Waals surface area (Å²) in [4.78, 5) is 10.5. The topological polar surface area (TPSA) is 46.5 Å². The third-order valence-electron chi connectivity index (χ3n) is 1.29. The van der Waals surface area contributed by atoms with Crippen molar-refractivity contribution in [2.75, 3.05) is 0 Å². The van der Waals surface area contributed by atoms with Crippen molar-refractivity contribution >= 4 is 28.6 Å². The van der Waals surface area contributed by atoms with Crippen LogP contribution in [0.5, 0.6) is 0 Å². The molecule has 1 heterocycles. The average molecular weight is 242 g/mol. The maximum absolute atomic E-state index is 10.5. The quantitative estimate of drug-likeness (QED) is 0.372. The fraction of sp³-hybridized carbons (Fsp3) is 0.800. The van der Waals surface area contributed by atoms with Gasteiger partial charge in [-0.05, 0) is 6.92 Å². The molecule has 9 heavy (non-hydrogen) atoms. The smallest absolute Gasteiger partial charge is 0.336 e. The van der Waals surface area contributed by atoms with Crippen molar-refractivity contribution < 1.29 is 14.6 Å². The molecule has 4 heteroatoms. The van der Waals surface area contributed by atoms with Crippen LogP contribution in [0.4, 0.5) is 0 Å². The molecule has 0 aromatic rings. The number of esters is 1. The summed E-state index contributed by atoms with van der Waals surface area (Å²) in [5.74, 6) is -0.498. The molecule has 1 aliphatic rings. The molecule has 3 nitrogen and oxygen atoms in total. The summed E-state index contributed by atoms with van der Waals surface area (Å²) in [6, 6.07) is 0. The van der Waals surface area contributed by atoms with Crippen LogP contribution in [0.25, 0.3) is 0 Å². The summed E-state index contributed by atoms with van der Waals surface area (Å²) >= 11 is 2.00. The molecule has 0 unspecified atom stereocenters. The van der Waals surface area contributed by atoms with Gasteiger partial charge in [0.05, 0.1) is 3.92 Å². The van der Waals surface area contributed by atoms with Gasteiger partial charge in [-0.3, -0.25) is 0 Å². The molecule has 1 saturated heterocycles. The van der Waals surface area contributed by atoms with Gasteiger partial charge in [-0.25, -0.2) is 4.79 Å². The highest BCUT2D eigenvalue weighted by atomic mass is 127. The summed E-state index contributed by atoms with van der Waals surface area (Å²) in [6.45, 7) is 1.77.